The van der Waals surface area contributed by atoms with Crippen molar-refractivity contribution in [1.29, 1.82) is 0 Å². The number of hydrogen-bond acceptors (Lipinski definition) is 4. The number of hydrogen-bond donors (Lipinski definition) is 0. The van der Waals surface area contributed by atoms with Gasteiger partial charge in [-0.2, -0.15) is 0 Å². The van der Waals surface area contributed by atoms with E-state index in [1.807, 2.05) is 30.3 Å². The van der Waals surface area contributed by atoms with Crippen molar-refractivity contribution in [2.75, 3.05) is 21.3 Å². The van der Waals surface area contributed by atoms with Crippen LogP contribution in [0.15, 0.2) is 48.5 Å². The average Bonchev–Trinajstić information content (AvgIpc) is 2.75. The van der Waals surface area contributed by atoms with Crippen LogP contribution in [0, 0.1) is 0 Å². The summed E-state index contributed by atoms with van der Waals surface area (Å²) in [6.07, 6.45) is 1.94. The molecule has 6 heteroatoms. The van der Waals surface area contributed by atoms with Gasteiger partial charge in [0.1, 0.15) is 0 Å². The smallest absolute Gasteiger partial charge is 0.203 e. The van der Waals surface area contributed by atoms with Crippen molar-refractivity contribution in [3.63, 3.8) is 0 Å². The second-order valence-electron chi connectivity index (χ2n) is 6.67. The Morgan fingerprint density at radius 3 is 1.90 bits per heavy atom. The Morgan fingerprint density at radius 2 is 1.33 bits per heavy atom. The lowest BCUT2D eigenvalue weighted by Gasteiger charge is -2.24. The summed E-state index contributed by atoms with van der Waals surface area (Å²) in [6.45, 7) is 0. The van der Waals surface area contributed by atoms with Gasteiger partial charge in [0.25, 0.3) is 0 Å². The highest BCUT2D eigenvalue weighted by atomic mass is 35.5. The van der Waals surface area contributed by atoms with Crippen LogP contribution in [0.3, 0.4) is 0 Å². The highest BCUT2D eigenvalue weighted by Gasteiger charge is 2.30. The molecule has 3 aromatic rings. The zero-order valence-corrected chi connectivity index (χ0v) is 18.1. The standard InChI is InChI=1S/C24H18Cl2O4/c1-28-19-11-13(12-20(29-2)24(19)30-3)10-16-14-6-4-9-18(26)22(14)23(27)15-7-5-8-17(25)21(15)16/h4-12H,1-3H3/b16-10-. The summed E-state index contributed by atoms with van der Waals surface area (Å²) in [5, 5.41) is 0.893. The van der Waals surface area contributed by atoms with E-state index in [4.69, 9.17) is 37.4 Å². The number of carbonyl (C=O) groups is 1. The molecule has 30 heavy (non-hydrogen) atoms. The quantitative estimate of drug-likeness (QED) is 0.381. The van der Waals surface area contributed by atoms with Gasteiger partial charge < -0.3 is 14.2 Å². The highest BCUT2D eigenvalue weighted by Crippen LogP contribution is 2.44. The van der Waals surface area contributed by atoms with Crippen LogP contribution in [0.1, 0.15) is 32.6 Å². The molecule has 0 amide bonds. The molecule has 0 saturated heterocycles. The van der Waals surface area contributed by atoms with E-state index in [1.54, 1.807) is 45.6 Å². The first-order chi connectivity index (χ1) is 14.5. The molecule has 0 N–H and O–H groups in total. The fourth-order valence-electron chi connectivity index (χ4n) is 3.74. The Hall–Kier alpha value is -2.95. The van der Waals surface area contributed by atoms with Crippen molar-refractivity contribution in [3.8, 4) is 17.2 Å². The zero-order valence-electron chi connectivity index (χ0n) is 16.6. The van der Waals surface area contributed by atoms with Gasteiger partial charge in [-0.3, -0.25) is 4.79 Å². The average molecular weight is 441 g/mol. The van der Waals surface area contributed by atoms with Crippen LogP contribution in [0.2, 0.25) is 10.0 Å². The maximum Gasteiger partial charge on any atom is 0.203 e. The van der Waals surface area contributed by atoms with Crippen molar-refractivity contribution in [1.82, 2.24) is 0 Å². The third kappa shape index (κ3) is 3.22. The van der Waals surface area contributed by atoms with Crippen molar-refractivity contribution in [2.24, 2.45) is 0 Å². The maximum absolute atomic E-state index is 13.1. The normalized spacial score (nSPS) is 13.6. The lowest BCUT2D eigenvalue weighted by molar-refractivity contribution is 0.103. The fraction of sp³-hybridized carbons (Fsp3) is 0.125. The third-order valence-corrected chi connectivity index (χ3v) is 5.69. The van der Waals surface area contributed by atoms with E-state index in [0.717, 1.165) is 16.7 Å². The van der Waals surface area contributed by atoms with E-state index >= 15 is 0 Å². The molecule has 0 spiro atoms. The molecule has 4 nitrogen and oxygen atoms in total. The molecule has 0 atom stereocenters. The van der Waals surface area contributed by atoms with E-state index in [-0.39, 0.29) is 5.78 Å². The van der Waals surface area contributed by atoms with E-state index < -0.39 is 0 Å². The second kappa shape index (κ2) is 8.05. The molecule has 4 rings (SSSR count). The van der Waals surface area contributed by atoms with E-state index in [0.29, 0.717) is 44.0 Å². The molecule has 0 unspecified atom stereocenters. The SMILES string of the molecule is COc1cc(/C=C2/c3cccc(Cl)c3C(=O)c3cccc(Cl)c32)cc(OC)c1OC. The first-order valence-electron chi connectivity index (χ1n) is 9.14. The molecule has 0 fully saturated rings. The van der Waals surface area contributed by atoms with Gasteiger partial charge in [-0.05, 0) is 47.0 Å². The first-order valence-corrected chi connectivity index (χ1v) is 9.90. The molecule has 152 valence electrons. The number of fused-ring (bicyclic) bond motifs is 2. The summed E-state index contributed by atoms with van der Waals surface area (Å²) in [5.74, 6) is 1.42. The van der Waals surface area contributed by atoms with Gasteiger partial charge in [-0.25, -0.2) is 0 Å². The summed E-state index contributed by atoms with van der Waals surface area (Å²) >= 11 is 13.0. The Labute approximate surface area is 184 Å². The highest BCUT2D eigenvalue weighted by molar-refractivity contribution is 6.39. The molecular formula is C24H18Cl2O4. The fourth-order valence-corrected chi connectivity index (χ4v) is 4.27. The van der Waals surface area contributed by atoms with Gasteiger partial charge in [-0.1, -0.05) is 47.5 Å². The summed E-state index contributed by atoms with van der Waals surface area (Å²) in [6, 6.07) is 14.4. The van der Waals surface area contributed by atoms with Crippen LogP contribution in [0.5, 0.6) is 17.2 Å². The minimum atomic E-state index is -0.143. The number of ether oxygens (including phenoxy) is 3. The molecule has 0 bridgehead atoms. The summed E-state index contributed by atoms with van der Waals surface area (Å²) in [7, 11) is 4.68. The second-order valence-corrected chi connectivity index (χ2v) is 7.49. The lowest BCUT2D eigenvalue weighted by Crippen LogP contribution is -2.15. The minimum absolute atomic E-state index is 0.143. The topological polar surface area (TPSA) is 44.8 Å². The van der Waals surface area contributed by atoms with Crippen LogP contribution >= 0.6 is 23.2 Å². The van der Waals surface area contributed by atoms with Crippen LogP contribution in [0.25, 0.3) is 11.6 Å². The Balaban J connectivity index is 2.03. The Bertz CT molecular complexity index is 1170. The van der Waals surface area contributed by atoms with Gasteiger partial charge in [-0.15, -0.1) is 0 Å². The third-order valence-electron chi connectivity index (χ3n) is 5.06. The molecule has 0 aromatic heterocycles. The molecule has 3 aromatic carbocycles. The molecule has 0 saturated carbocycles. The van der Waals surface area contributed by atoms with Crippen LogP contribution in [-0.4, -0.2) is 27.1 Å². The van der Waals surface area contributed by atoms with Gasteiger partial charge in [0.15, 0.2) is 17.3 Å². The van der Waals surface area contributed by atoms with Crippen molar-refractivity contribution in [3.05, 3.63) is 86.4 Å². The summed E-state index contributed by atoms with van der Waals surface area (Å²) in [4.78, 5) is 13.1. The van der Waals surface area contributed by atoms with Gasteiger partial charge in [0.2, 0.25) is 5.75 Å². The molecule has 1 aliphatic carbocycles. The van der Waals surface area contributed by atoms with E-state index in [9.17, 15) is 4.79 Å². The molecule has 0 heterocycles. The van der Waals surface area contributed by atoms with Crippen LogP contribution in [0.4, 0.5) is 0 Å². The number of methoxy groups -OCH3 is 3. The molecule has 0 radical (unpaired) electrons. The Morgan fingerprint density at radius 1 is 0.767 bits per heavy atom. The molecular weight excluding hydrogens is 423 g/mol. The number of halogens is 2. The van der Waals surface area contributed by atoms with Crippen molar-refractivity contribution >= 4 is 40.6 Å². The summed E-state index contributed by atoms with van der Waals surface area (Å²) in [5.41, 5.74) is 3.97. The van der Waals surface area contributed by atoms with E-state index in [1.165, 1.54) is 0 Å². The predicted molar refractivity (Wildman–Crippen MR) is 119 cm³/mol. The van der Waals surface area contributed by atoms with Gasteiger partial charge in [0, 0.05) is 21.7 Å². The van der Waals surface area contributed by atoms with Crippen molar-refractivity contribution < 1.29 is 19.0 Å². The maximum atomic E-state index is 13.1. The Kier molecular flexibility index (Phi) is 5.46. The predicted octanol–water partition coefficient (Wildman–Crippen LogP) is 6.15. The zero-order chi connectivity index (χ0) is 21.4. The largest absolute Gasteiger partial charge is 0.493 e. The molecule has 1 aliphatic rings. The number of benzene rings is 3. The first kappa shape index (κ1) is 20.3. The number of ketones is 1. The monoisotopic (exact) mass is 440 g/mol. The van der Waals surface area contributed by atoms with Crippen LogP contribution < -0.4 is 14.2 Å². The van der Waals surface area contributed by atoms with Crippen LogP contribution in [-0.2, 0) is 0 Å². The van der Waals surface area contributed by atoms with Gasteiger partial charge >= 0.3 is 0 Å². The number of rotatable bonds is 4. The van der Waals surface area contributed by atoms with Crippen molar-refractivity contribution in [2.45, 2.75) is 0 Å². The van der Waals surface area contributed by atoms with Gasteiger partial charge in [0.05, 0.1) is 26.4 Å². The minimum Gasteiger partial charge on any atom is -0.493 e. The van der Waals surface area contributed by atoms with E-state index in [2.05, 4.69) is 0 Å². The summed E-state index contributed by atoms with van der Waals surface area (Å²) < 4.78 is 16.4. The molecule has 0 aliphatic heterocycles. The lowest BCUT2D eigenvalue weighted by atomic mass is 9.80. The number of carbonyl (C=O) groups excluding carboxylic acids is 1.